The zero-order valence-corrected chi connectivity index (χ0v) is 12.9. The van der Waals surface area contributed by atoms with E-state index in [1.165, 1.54) is 36.9 Å². The molecule has 0 unspecified atom stereocenters. The van der Waals surface area contributed by atoms with Crippen molar-refractivity contribution >= 4 is 31.5 Å². The molecule has 0 atom stereocenters. The second-order valence-corrected chi connectivity index (χ2v) is 6.59. The molecule has 0 spiro atoms. The maximum atomic E-state index is 4.69. The van der Waals surface area contributed by atoms with E-state index in [4.69, 9.17) is 0 Å². The number of benzene rings is 2. The van der Waals surface area contributed by atoms with Crippen molar-refractivity contribution in [2.45, 2.75) is 13.8 Å². The highest BCUT2D eigenvalue weighted by molar-refractivity contribution is 7.25. The van der Waals surface area contributed by atoms with Gasteiger partial charge >= 0.3 is 0 Å². The summed E-state index contributed by atoms with van der Waals surface area (Å²) in [7, 11) is 0. The second-order valence-electron chi connectivity index (χ2n) is 5.51. The van der Waals surface area contributed by atoms with Gasteiger partial charge in [-0.1, -0.05) is 35.4 Å². The summed E-state index contributed by atoms with van der Waals surface area (Å²) in [6, 6.07) is 17.4. The number of aryl methyl sites for hydroxylation is 2. The van der Waals surface area contributed by atoms with Gasteiger partial charge in [-0.25, -0.2) is 0 Å². The Labute approximate surface area is 127 Å². The highest BCUT2D eigenvalue weighted by Gasteiger charge is 2.12. The number of rotatable bonds is 1. The Morgan fingerprint density at radius 2 is 1.62 bits per heavy atom. The molecule has 0 radical (unpaired) electrons. The van der Waals surface area contributed by atoms with E-state index in [1.54, 1.807) is 0 Å². The van der Waals surface area contributed by atoms with Gasteiger partial charge < -0.3 is 0 Å². The Morgan fingerprint density at radius 3 is 2.43 bits per heavy atom. The smallest absolute Gasteiger partial charge is 0.0795 e. The summed E-state index contributed by atoms with van der Waals surface area (Å²) in [6.45, 7) is 4.28. The average molecular weight is 289 g/mol. The van der Waals surface area contributed by atoms with Crippen LogP contribution in [0.4, 0.5) is 0 Å². The quantitative estimate of drug-likeness (QED) is 0.436. The van der Waals surface area contributed by atoms with Crippen molar-refractivity contribution in [1.82, 2.24) is 4.98 Å². The number of pyridine rings is 1. The molecule has 0 aliphatic carbocycles. The monoisotopic (exact) mass is 289 g/mol. The number of thiophene rings is 1. The molecule has 102 valence electrons. The van der Waals surface area contributed by atoms with Crippen LogP contribution >= 0.6 is 11.3 Å². The molecule has 0 fully saturated rings. The summed E-state index contributed by atoms with van der Waals surface area (Å²) in [5, 5.41) is 2.59. The summed E-state index contributed by atoms with van der Waals surface area (Å²) in [4.78, 5) is 4.69. The number of aromatic nitrogens is 1. The van der Waals surface area contributed by atoms with Crippen LogP contribution in [0, 0.1) is 13.8 Å². The highest BCUT2D eigenvalue weighted by Crippen LogP contribution is 2.38. The number of nitrogens with zero attached hydrogens (tertiary/aromatic N) is 1. The molecule has 2 heterocycles. The van der Waals surface area contributed by atoms with E-state index in [0.29, 0.717) is 0 Å². The number of fused-ring (bicyclic) bond motifs is 3. The van der Waals surface area contributed by atoms with Gasteiger partial charge in [0.05, 0.1) is 5.69 Å². The summed E-state index contributed by atoms with van der Waals surface area (Å²) in [5.41, 5.74) is 4.87. The van der Waals surface area contributed by atoms with Crippen LogP contribution in [0.25, 0.3) is 31.4 Å². The van der Waals surface area contributed by atoms with Crippen molar-refractivity contribution < 1.29 is 0 Å². The molecule has 0 saturated heterocycles. The van der Waals surface area contributed by atoms with Crippen molar-refractivity contribution in [3.8, 4) is 11.3 Å². The molecular formula is C19H15NS. The maximum Gasteiger partial charge on any atom is 0.0795 e. The fourth-order valence-electron chi connectivity index (χ4n) is 3.00. The van der Waals surface area contributed by atoms with Gasteiger partial charge in [-0.2, -0.15) is 0 Å². The van der Waals surface area contributed by atoms with Crippen molar-refractivity contribution in [2.75, 3.05) is 0 Å². The maximum absolute atomic E-state index is 4.69. The lowest BCUT2D eigenvalue weighted by atomic mass is 10.0. The molecule has 4 aromatic rings. The third-order valence-corrected chi connectivity index (χ3v) is 4.92. The number of hydrogen-bond donors (Lipinski definition) is 0. The minimum absolute atomic E-state index is 1.09. The average Bonchev–Trinajstić information content (AvgIpc) is 2.84. The van der Waals surface area contributed by atoms with Crippen LogP contribution in [-0.4, -0.2) is 4.98 Å². The largest absolute Gasteiger partial charge is 0.256 e. The highest BCUT2D eigenvalue weighted by atomic mass is 32.1. The van der Waals surface area contributed by atoms with E-state index in [0.717, 1.165) is 5.69 Å². The Hall–Kier alpha value is -2.19. The van der Waals surface area contributed by atoms with E-state index in [1.807, 2.05) is 17.5 Å². The van der Waals surface area contributed by atoms with Gasteiger partial charge in [0.2, 0.25) is 0 Å². The van der Waals surface area contributed by atoms with Gasteiger partial charge in [0.15, 0.2) is 0 Å². The van der Waals surface area contributed by atoms with Crippen LogP contribution in [0.5, 0.6) is 0 Å². The van der Waals surface area contributed by atoms with E-state index in [-0.39, 0.29) is 0 Å². The molecule has 0 aliphatic heterocycles. The lowest BCUT2D eigenvalue weighted by molar-refractivity contribution is 1.33. The molecule has 0 amide bonds. The van der Waals surface area contributed by atoms with Gasteiger partial charge in [-0.3, -0.25) is 4.98 Å². The zero-order valence-electron chi connectivity index (χ0n) is 12.1. The minimum Gasteiger partial charge on any atom is -0.256 e. The third kappa shape index (κ3) is 2.03. The topological polar surface area (TPSA) is 12.9 Å². The van der Waals surface area contributed by atoms with Gasteiger partial charge in [0, 0.05) is 31.9 Å². The zero-order chi connectivity index (χ0) is 14.4. The fourth-order valence-corrected chi connectivity index (χ4v) is 4.10. The molecule has 4 rings (SSSR count). The Bertz CT molecular complexity index is 946. The molecule has 21 heavy (non-hydrogen) atoms. The summed E-state index contributed by atoms with van der Waals surface area (Å²) >= 11 is 1.84. The summed E-state index contributed by atoms with van der Waals surface area (Å²) < 4.78 is 2.63. The first-order valence-corrected chi connectivity index (χ1v) is 7.89. The third-order valence-electron chi connectivity index (χ3n) is 3.78. The normalized spacial score (nSPS) is 11.3. The van der Waals surface area contributed by atoms with Crippen molar-refractivity contribution in [2.24, 2.45) is 0 Å². The van der Waals surface area contributed by atoms with E-state index < -0.39 is 0 Å². The van der Waals surface area contributed by atoms with Crippen molar-refractivity contribution in [3.05, 3.63) is 65.9 Å². The predicted octanol–water partition coefficient (Wildman–Crippen LogP) is 5.73. The predicted molar refractivity (Wildman–Crippen MR) is 92.0 cm³/mol. The first-order chi connectivity index (χ1) is 10.2. The second kappa shape index (κ2) is 4.68. The molecule has 0 saturated carbocycles. The van der Waals surface area contributed by atoms with Crippen molar-refractivity contribution in [1.29, 1.82) is 0 Å². The van der Waals surface area contributed by atoms with E-state index in [2.05, 4.69) is 67.4 Å². The van der Waals surface area contributed by atoms with Gasteiger partial charge in [0.1, 0.15) is 0 Å². The molecule has 2 aromatic carbocycles. The van der Waals surface area contributed by atoms with Crippen LogP contribution in [-0.2, 0) is 0 Å². The minimum atomic E-state index is 1.09. The van der Waals surface area contributed by atoms with Gasteiger partial charge in [0.25, 0.3) is 0 Å². The van der Waals surface area contributed by atoms with Crippen LogP contribution in [0.3, 0.4) is 0 Å². The van der Waals surface area contributed by atoms with E-state index >= 15 is 0 Å². The molecule has 0 bridgehead atoms. The molecule has 2 heteroatoms. The Kier molecular flexibility index (Phi) is 2.79. The molecule has 2 aromatic heterocycles. The van der Waals surface area contributed by atoms with Crippen LogP contribution in [0.15, 0.2) is 54.7 Å². The van der Waals surface area contributed by atoms with Gasteiger partial charge in [-0.15, -0.1) is 11.3 Å². The SMILES string of the molecule is Cc1cc(C)cc(-c2nccc3sc4ccccc4c23)c1. The molecular weight excluding hydrogens is 274 g/mol. The van der Waals surface area contributed by atoms with Crippen molar-refractivity contribution in [3.63, 3.8) is 0 Å². The molecule has 0 N–H and O–H groups in total. The Balaban J connectivity index is 2.13. The standard InChI is InChI=1S/C19H15NS/c1-12-9-13(2)11-14(10-12)19-18-15-5-3-4-6-16(15)21-17(18)7-8-20-19/h3-11H,1-2H3. The first kappa shape index (κ1) is 12.5. The lowest BCUT2D eigenvalue weighted by Crippen LogP contribution is -1.87. The summed E-state index contributed by atoms with van der Waals surface area (Å²) in [6.07, 6.45) is 1.92. The first-order valence-electron chi connectivity index (χ1n) is 7.07. The molecule has 0 aliphatic rings. The lowest BCUT2D eigenvalue weighted by Gasteiger charge is -2.06. The van der Waals surface area contributed by atoms with Gasteiger partial charge in [-0.05, 0) is 38.1 Å². The van der Waals surface area contributed by atoms with Crippen LogP contribution in [0.1, 0.15) is 11.1 Å². The van der Waals surface area contributed by atoms with Crippen LogP contribution in [0.2, 0.25) is 0 Å². The van der Waals surface area contributed by atoms with Crippen LogP contribution < -0.4 is 0 Å². The molecule has 1 nitrogen and oxygen atoms in total. The van der Waals surface area contributed by atoms with E-state index in [9.17, 15) is 0 Å². The Morgan fingerprint density at radius 1 is 0.857 bits per heavy atom. The fraction of sp³-hybridized carbons (Fsp3) is 0.105. The number of hydrogen-bond acceptors (Lipinski definition) is 2. The summed E-state index contributed by atoms with van der Waals surface area (Å²) in [5.74, 6) is 0.